The first-order chi connectivity index (χ1) is 16.6. The number of benzene rings is 1. The average molecular weight is 475 g/mol. The number of amides is 1. The zero-order valence-corrected chi connectivity index (χ0v) is 19.1. The molecule has 0 bridgehead atoms. The standard InChI is InChI=1S/C25H22N4O4S/c30-23(19-5-2-1-3-6-19)29-16-21(25(32)27-10-12-33-13-11-27)22(26-29)20-7-4-9-28(24(20)31)15-18-8-14-34-17-18/h1-9,14,16-17H,10-13,15H2. The highest BCUT2D eigenvalue weighted by Gasteiger charge is 2.27. The van der Waals surface area contributed by atoms with E-state index in [1.165, 1.54) is 6.20 Å². The summed E-state index contributed by atoms with van der Waals surface area (Å²) in [6, 6.07) is 14.1. The molecule has 0 atom stereocenters. The highest BCUT2D eigenvalue weighted by Crippen LogP contribution is 2.22. The Labute approximate surface area is 199 Å². The van der Waals surface area contributed by atoms with Crippen LogP contribution in [-0.4, -0.2) is 57.4 Å². The SMILES string of the molecule is O=C(c1cn(C(=O)c2ccccc2)nc1-c1cccn(Cc2ccsc2)c1=O)N1CCOCC1. The van der Waals surface area contributed by atoms with Gasteiger partial charge in [-0.25, -0.2) is 4.68 Å². The lowest BCUT2D eigenvalue weighted by Gasteiger charge is -2.26. The minimum Gasteiger partial charge on any atom is -0.378 e. The maximum Gasteiger partial charge on any atom is 0.278 e. The summed E-state index contributed by atoms with van der Waals surface area (Å²) in [7, 11) is 0. The van der Waals surface area contributed by atoms with Crippen LogP contribution in [0.25, 0.3) is 11.3 Å². The number of carbonyl (C=O) groups excluding carboxylic acids is 2. The van der Waals surface area contributed by atoms with E-state index in [1.807, 2.05) is 22.9 Å². The molecule has 34 heavy (non-hydrogen) atoms. The number of pyridine rings is 1. The molecule has 1 fully saturated rings. The molecule has 5 rings (SSSR count). The Kier molecular flexibility index (Phi) is 6.20. The first kappa shape index (κ1) is 22.0. The van der Waals surface area contributed by atoms with Crippen molar-refractivity contribution in [1.29, 1.82) is 0 Å². The number of carbonyl (C=O) groups is 2. The Morgan fingerprint density at radius 1 is 1.00 bits per heavy atom. The van der Waals surface area contributed by atoms with Crippen molar-refractivity contribution in [2.45, 2.75) is 6.54 Å². The molecule has 0 radical (unpaired) electrons. The van der Waals surface area contributed by atoms with Crippen molar-refractivity contribution in [1.82, 2.24) is 19.2 Å². The molecule has 0 saturated carbocycles. The quantitative estimate of drug-likeness (QED) is 0.444. The molecule has 0 unspecified atom stereocenters. The van der Waals surface area contributed by atoms with Gasteiger partial charge in [0.25, 0.3) is 17.4 Å². The van der Waals surface area contributed by atoms with E-state index in [4.69, 9.17) is 4.74 Å². The van der Waals surface area contributed by atoms with Gasteiger partial charge < -0.3 is 14.2 Å². The number of ether oxygens (including phenoxy) is 1. The normalized spacial score (nSPS) is 13.7. The van der Waals surface area contributed by atoms with Gasteiger partial charge in [-0.15, -0.1) is 0 Å². The van der Waals surface area contributed by atoms with Gasteiger partial charge in [0.15, 0.2) is 0 Å². The van der Waals surface area contributed by atoms with Gasteiger partial charge in [0, 0.05) is 31.0 Å². The third kappa shape index (κ3) is 4.35. The highest BCUT2D eigenvalue weighted by atomic mass is 32.1. The fourth-order valence-corrected chi connectivity index (χ4v) is 4.56. The van der Waals surface area contributed by atoms with Crippen molar-refractivity contribution in [2.24, 2.45) is 0 Å². The van der Waals surface area contributed by atoms with Crippen molar-refractivity contribution in [2.75, 3.05) is 26.3 Å². The van der Waals surface area contributed by atoms with Crippen molar-refractivity contribution >= 4 is 23.2 Å². The largest absolute Gasteiger partial charge is 0.378 e. The smallest absolute Gasteiger partial charge is 0.278 e. The van der Waals surface area contributed by atoms with Crippen molar-refractivity contribution in [3.05, 3.63) is 98.7 Å². The summed E-state index contributed by atoms with van der Waals surface area (Å²) >= 11 is 1.56. The summed E-state index contributed by atoms with van der Waals surface area (Å²) < 4.78 is 8.09. The van der Waals surface area contributed by atoms with E-state index in [1.54, 1.807) is 63.4 Å². The molecule has 0 spiro atoms. The third-order valence-corrected chi connectivity index (χ3v) is 6.41. The molecule has 1 amide bonds. The van der Waals surface area contributed by atoms with Crippen LogP contribution in [0.4, 0.5) is 0 Å². The second-order valence-electron chi connectivity index (χ2n) is 7.90. The lowest BCUT2D eigenvalue weighted by molar-refractivity contribution is 0.0303. The van der Waals surface area contributed by atoms with Gasteiger partial charge in [-0.05, 0) is 46.7 Å². The Balaban J connectivity index is 1.59. The van der Waals surface area contributed by atoms with E-state index >= 15 is 0 Å². The summed E-state index contributed by atoms with van der Waals surface area (Å²) in [5.41, 5.74) is 1.86. The van der Waals surface area contributed by atoms with Gasteiger partial charge >= 0.3 is 0 Å². The van der Waals surface area contributed by atoms with Crippen LogP contribution in [0.3, 0.4) is 0 Å². The van der Waals surface area contributed by atoms with E-state index in [0.29, 0.717) is 38.4 Å². The average Bonchev–Trinajstić information content (AvgIpc) is 3.56. The lowest BCUT2D eigenvalue weighted by Crippen LogP contribution is -2.40. The van der Waals surface area contributed by atoms with E-state index in [9.17, 15) is 14.4 Å². The second kappa shape index (κ2) is 9.58. The first-order valence-electron chi connectivity index (χ1n) is 10.9. The van der Waals surface area contributed by atoms with E-state index in [2.05, 4.69) is 5.10 Å². The van der Waals surface area contributed by atoms with Crippen molar-refractivity contribution in [3.63, 3.8) is 0 Å². The Hall–Kier alpha value is -3.82. The van der Waals surface area contributed by atoms with Crippen LogP contribution in [0.5, 0.6) is 0 Å². The first-order valence-corrected chi connectivity index (χ1v) is 11.8. The molecule has 3 aromatic heterocycles. The summed E-state index contributed by atoms with van der Waals surface area (Å²) in [4.78, 5) is 41.5. The number of morpholine rings is 1. The zero-order valence-electron chi connectivity index (χ0n) is 18.3. The van der Waals surface area contributed by atoms with E-state index < -0.39 is 0 Å². The van der Waals surface area contributed by atoms with Crippen LogP contribution in [0, 0.1) is 0 Å². The zero-order chi connectivity index (χ0) is 23.5. The van der Waals surface area contributed by atoms with Crippen LogP contribution in [0.1, 0.15) is 26.3 Å². The molecule has 1 aliphatic rings. The molecular weight excluding hydrogens is 452 g/mol. The van der Waals surface area contributed by atoms with Gasteiger partial charge in [-0.2, -0.15) is 16.4 Å². The summed E-state index contributed by atoms with van der Waals surface area (Å²) in [6.07, 6.45) is 3.14. The van der Waals surface area contributed by atoms with Gasteiger partial charge in [-0.3, -0.25) is 14.4 Å². The van der Waals surface area contributed by atoms with Crippen LogP contribution in [0.2, 0.25) is 0 Å². The number of thiophene rings is 1. The Morgan fingerprint density at radius 3 is 2.53 bits per heavy atom. The molecule has 1 aliphatic heterocycles. The number of hydrogen-bond donors (Lipinski definition) is 0. The molecule has 1 aromatic carbocycles. The molecule has 8 nitrogen and oxygen atoms in total. The Morgan fingerprint density at radius 2 is 1.79 bits per heavy atom. The summed E-state index contributed by atoms with van der Waals surface area (Å²) in [6.45, 7) is 2.17. The maximum absolute atomic E-state index is 13.4. The lowest BCUT2D eigenvalue weighted by atomic mass is 10.1. The molecule has 172 valence electrons. The number of hydrogen-bond acceptors (Lipinski definition) is 6. The monoisotopic (exact) mass is 474 g/mol. The van der Waals surface area contributed by atoms with Crippen LogP contribution < -0.4 is 5.56 Å². The number of rotatable bonds is 5. The molecular formula is C25H22N4O4S. The van der Waals surface area contributed by atoms with Gasteiger partial charge in [0.05, 0.1) is 30.9 Å². The summed E-state index contributed by atoms with van der Waals surface area (Å²) in [5, 5.41) is 8.39. The Bertz CT molecular complexity index is 1370. The fourth-order valence-electron chi connectivity index (χ4n) is 3.90. The topological polar surface area (TPSA) is 86.4 Å². The highest BCUT2D eigenvalue weighted by molar-refractivity contribution is 7.07. The molecule has 1 saturated heterocycles. The minimum absolute atomic E-state index is 0.199. The molecule has 0 aliphatic carbocycles. The molecule has 4 heterocycles. The summed E-state index contributed by atoms with van der Waals surface area (Å²) in [5.74, 6) is -0.657. The van der Waals surface area contributed by atoms with Crippen LogP contribution >= 0.6 is 11.3 Å². The fraction of sp³-hybridized carbons (Fsp3) is 0.200. The minimum atomic E-state index is -0.377. The van der Waals surface area contributed by atoms with Crippen LogP contribution in [-0.2, 0) is 11.3 Å². The predicted molar refractivity (Wildman–Crippen MR) is 128 cm³/mol. The van der Waals surface area contributed by atoms with Gasteiger partial charge in [0.1, 0.15) is 5.69 Å². The second-order valence-corrected chi connectivity index (χ2v) is 8.68. The predicted octanol–water partition coefficient (Wildman–Crippen LogP) is 2.98. The number of aromatic nitrogens is 3. The maximum atomic E-state index is 13.4. The molecule has 4 aromatic rings. The van der Waals surface area contributed by atoms with Gasteiger partial charge in [-0.1, -0.05) is 18.2 Å². The van der Waals surface area contributed by atoms with E-state index in [-0.39, 0.29) is 34.2 Å². The van der Waals surface area contributed by atoms with E-state index in [0.717, 1.165) is 10.2 Å². The number of nitrogens with zero attached hydrogens (tertiary/aromatic N) is 4. The third-order valence-electron chi connectivity index (χ3n) is 5.68. The molecule has 9 heteroatoms. The van der Waals surface area contributed by atoms with Crippen molar-refractivity contribution in [3.8, 4) is 11.3 Å². The van der Waals surface area contributed by atoms with Crippen LogP contribution in [0.15, 0.2) is 76.5 Å². The van der Waals surface area contributed by atoms with Crippen molar-refractivity contribution < 1.29 is 14.3 Å². The molecule has 0 N–H and O–H groups in total. The van der Waals surface area contributed by atoms with Gasteiger partial charge in [0.2, 0.25) is 0 Å².